The van der Waals surface area contributed by atoms with E-state index in [1.807, 2.05) is 49.0 Å². The van der Waals surface area contributed by atoms with Crippen LogP contribution in [0, 0.1) is 6.92 Å². The molecule has 1 aliphatic heterocycles. The zero-order valence-corrected chi connectivity index (χ0v) is 14.2. The molecule has 0 radical (unpaired) electrons. The Morgan fingerprint density at radius 3 is 2.96 bits per heavy atom. The first-order valence-electron chi connectivity index (χ1n) is 8.32. The Bertz CT molecular complexity index is 735. The number of aryl methyl sites for hydroxylation is 2. The number of carbonyl (C=O) groups is 1. The summed E-state index contributed by atoms with van der Waals surface area (Å²) >= 11 is 0. The van der Waals surface area contributed by atoms with Gasteiger partial charge in [-0.25, -0.2) is 0 Å². The average molecular weight is 324 g/mol. The number of hydrogen-bond donors (Lipinski definition) is 2. The molecule has 0 bridgehead atoms. The number of nitrogens with one attached hydrogen (secondary N) is 2. The molecule has 3 rings (SSSR count). The Morgan fingerprint density at radius 1 is 1.50 bits per heavy atom. The van der Waals surface area contributed by atoms with Crippen molar-refractivity contribution in [1.29, 1.82) is 0 Å². The molecule has 5 nitrogen and oxygen atoms in total. The van der Waals surface area contributed by atoms with E-state index in [1.165, 1.54) is 5.56 Å². The van der Waals surface area contributed by atoms with Gasteiger partial charge in [-0.15, -0.1) is 6.58 Å². The fourth-order valence-electron chi connectivity index (χ4n) is 3.36. The highest BCUT2D eigenvalue weighted by atomic mass is 16.1. The summed E-state index contributed by atoms with van der Waals surface area (Å²) in [5.41, 5.74) is 3.23. The zero-order valence-electron chi connectivity index (χ0n) is 14.2. The largest absolute Gasteiger partial charge is 0.368 e. The minimum Gasteiger partial charge on any atom is -0.368 e. The quantitative estimate of drug-likeness (QED) is 0.831. The minimum atomic E-state index is -0.194. The van der Waals surface area contributed by atoms with Crippen LogP contribution in [0.3, 0.4) is 0 Å². The molecule has 0 aliphatic carbocycles. The maximum absolute atomic E-state index is 12.8. The molecule has 5 heteroatoms. The van der Waals surface area contributed by atoms with E-state index in [1.54, 1.807) is 6.08 Å². The van der Waals surface area contributed by atoms with Gasteiger partial charge in [0.05, 0.1) is 17.7 Å². The molecule has 126 valence electrons. The third kappa shape index (κ3) is 3.20. The molecule has 2 unspecified atom stereocenters. The molecule has 0 saturated heterocycles. The standard InChI is InChI=1S/C19H24N4O/c1-4-8-16(14-9-6-5-7-10-14)19(24)21-15-11-17-13(2)22-23(3)18(17)20-12-15/h4-7,9-10,15-16,20H,1,8,11-12H2,2-3H3,(H,21,24). The molecule has 1 amide bonds. The van der Waals surface area contributed by atoms with Crippen molar-refractivity contribution in [2.24, 2.45) is 7.05 Å². The second-order valence-electron chi connectivity index (χ2n) is 6.31. The van der Waals surface area contributed by atoms with Crippen molar-refractivity contribution in [2.45, 2.75) is 31.7 Å². The Hall–Kier alpha value is -2.56. The molecule has 1 aromatic heterocycles. The van der Waals surface area contributed by atoms with Crippen LogP contribution in [0.1, 0.15) is 29.2 Å². The number of anilines is 1. The van der Waals surface area contributed by atoms with E-state index >= 15 is 0 Å². The van der Waals surface area contributed by atoms with Gasteiger partial charge in [-0.1, -0.05) is 36.4 Å². The Morgan fingerprint density at radius 2 is 2.25 bits per heavy atom. The van der Waals surface area contributed by atoms with E-state index in [4.69, 9.17) is 0 Å². The van der Waals surface area contributed by atoms with E-state index in [9.17, 15) is 4.79 Å². The van der Waals surface area contributed by atoms with Crippen LogP contribution in [0.5, 0.6) is 0 Å². The molecule has 24 heavy (non-hydrogen) atoms. The van der Waals surface area contributed by atoms with Crippen molar-refractivity contribution < 1.29 is 4.79 Å². The van der Waals surface area contributed by atoms with Crippen molar-refractivity contribution in [1.82, 2.24) is 15.1 Å². The normalized spacial score (nSPS) is 17.5. The molecule has 0 saturated carbocycles. The predicted octanol–water partition coefficient (Wildman–Crippen LogP) is 2.54. The van der Waals surface area contributed by atoms with Crippen LogP contribution in [-0.4, -0.2) is 28.3 Å². The van der Waals surface area contributed by atoms with E-state index < -0.39 is 0 Å². The summed E-state index contributed by atoms with van der Waals surface area (Å²) in [5.74, 6) is 0.918. The molecule has 1 aliphatic rings. The van der Waals surface area contributed by atoms with Crippen molar-refractivity contribution in [3.63, 3.8) is 0 Å². The zero-order chi connectivity index (χ0) is 17.1. The Kier molecular flexibility index (Phi) is 4.69. The van der Waals surface area contributed by atoms with Crippen LogP contribution in [0.2, 0.25) is 0 Å². The number of rotatable bonds is 5. The lowest BCUT2D eigenvalue weighted by Crippen LogP contribution is -2.45. The lowest BCUT2D eigenvalue weighted by Gasteiger charge is -2.27. The summed E-state index contributed by atoms with van der Waals surface area (Å²) in [4.78, 5) is 12.8. The van der Waals surface area contributed by atoms with Gasteiger partial charge in [-0.2, -0.15) is 5.10 Å². The average Bonchev–Trinajstić information content (AvgIpc) is 2.87. The molecule has 1 aromatic carbocycles. The van der Waals surface area contributed by atoms with Gasteiger partial charge in [0.1, 0.15) is 5.82 Å². The maximum atomic E-state index is 12.8. The molecule has 2 aromatic rings. The van der Waals surface area contributed by atoms with Gasteiger partial charge in [0, 0.05) is 19.2 Å². The monoisotopic (exact) mass is 324 g/mol. The first kappa shape index (κ1) is 16.3. The third-order valence-electron chi connectivity index (χ3n) is 4.58. The SMILES string of the molecule is C=CCC(C(=O)NC1CNc2c(c(C)nn2C)C1)c1ccccc1. The molecule has 0 spiro atoms. The number of hydrogen-bond acceptors (Lipinski definition) is 3. The van der Waals surface area contributed by atoms with Crippen LogP contribution in [0.25, 0.3) is 0 Å². The molecular formula is C19H24N4O. The lowest BCUT2D eigenvalue weighted by atomic mass is 9.93. The van der Waals surface area contributed by atoms with Gasteiger partial charge in [-0.05, 0) is 25.3 Å². The first-order valence-corrected chi connectivity index (χ1v) is 8.32. The smallest absolute Gasteiger partial charge is 0.228 e. The van der Waals surface area contributed by atoms with Crippen LogP contribution in [0.4, 0.5) is 5.82 Å². The van der Waals surface area contributed by atoms with Crippen LogP contribution in [0.15, 0.2) is 43.0 Å². The number of carbonyl (C=O) groups excluding carboxylic acids is 1. The summed E-state index contributed by atoms with van der Waals surface area (Å²) < 4.78 is 1.87. The molecule has 0 fully saturated rings. The summed E-state index contributed by atoms with van der Waals surface area (Å²) in [5, 5.41) is 11.0. The fourth-order valence-corrected chi connectivity index (χ4v) is 3.36. The number of nitrogens with zero attached hydrogens (tertiary/aromatic N) is 2. The highest BCUT2D eigenvalue weighted by Gasteiger charge is 2.27. The predicted molar refractivity (Wildman–Crippen MR) is 96.1 cm³/mol. The first-order chi connectivity index (χ1) is 11.6. The number of allylic oxidation sites excluding steroid dienone is 1. The van der Waals surface area contributed by atoms with Crippen LogP contribution < -0.4 is 10.6 Å². The van der Waals surface area contributed by atoms with Crippen molar-refractivity contribution in [2.75, 3.05) is 11.9 Å². The lowest BCUT2D eigenvalue weighted by molar-refractivity contribution is -0.123. The number of aromatic nitrogens is 2. The highest BCUT2D eigenvalue weighted by Crippen LogP contribution is 2.25. The second-order valence-corrected chi connectivity index (χ2v) is 6.31. The van der Waals surface area contributed by atoms with Crippen LogP contribution >= 0.6 is 0 Å². The molecular weight excluding hydrogens is 300 g/mol. The number of amides is 1. The van der Waals surface area contributed by atoms with Gasteiger partial charge in [-0.3, -0.25) is 9.48 Å². The topological polar surface area (TPSA) is 59.0 Å². The minimum absolute atomic E-state index is 0.0536. The van der Waals surface area contributed by atoms with Crippen molar-refractivity contribution in [3.8, 4) is 0 Å². The second kappa shape index (κ2) is 6.91. The van der Waals surface area contributed by atoms with Gasteiger partial charge in [0.25, 0.3) is 0 Å². The van der Waals surface area contributed by atoms with E-state index in [2.05, 4.69) is 22.3 Å². The third-order valence-corrected chi connectivity index (χ3v) is 4.58. The van der Waals surface area contributed by atoms with Gasteiger partial charge in [0.15, 0.2) is 0 Å². The molecule has 2 atom stereocenters. The Balaban J connectivity index is 1.72. The van der Waals surface area contributed by atoms with Gasteiger partial charge >= 0.3 is 0 Å². The summed E-state index contributed by atoms with van der Waals surface area (Å²) in [6.07, 6.45) is 3.25. The van der Waals surface area contributed by atoms with E-state index in [-0.39, 0.29) is 17.9 Å². The van der Waals surface area contributed by atoms with E-state index in [0.717, 1.165) is 23.5 Å². The van der Waals surface area contributed by atoms with Crippen LogP contribution in [-0.2, 0) is 18.3 Å². The number of benzene rings is 1. The number of fused-ring (bicyclic) bond motifs is 1. The Labute approximate surface area is 142 Å². The highest BCUT2D eigenvalue weighted by molar-refractivity contribution is 5.84. The van der Waals surface area contributed by atoms with Crippen molar-refractivity contribution in [3.05, 3.63) is 59.8 Å². The van der Waals surface area contributed by atoms with E-state index in [0.29, 0.717) is 13.0 Å². The summed E-state index contributed by atoms with van der Waals surface area (Å²) in [6.45, 7) is 6.52. The van der Waals surface area contributed by atoms with Crippen molar-refractivity contribution >= 4 is 11.7 Å². The summed E-state index contributed by atoms with van der Waals surface area (Å²) in [7, 11) is 1.94. The maximum Gasteiger partial charge on any atom is 0.228 e. The molecule has 2 heterocycles. The van der Waals surface area contributed by atoms with Gasteiger partial charge in [0.2, 0.25) is 5.91 Å². The molecule has 2 N–H and O–H groups in total. The fraction of sp³-hybridized carbons (Fsp3) is 0.368. The summed E-state index contributed by atoms with van der Waals surface area (Å²) in [6, 6.07) is 9.96. The van der Waals surface area contributed by atoms with Gasteiger partial charge < -0.3 is 10.6 Å².